The number of anilines is 2. The molecule has 0 atom stereocenters. The van der Waals surface area contributed by atoms with Crippen LogP contribution in [-0.4, -0.2) is 40.5 Å². The molecule has 1 amide bonds. The minimum Gasteiger partial charge on any atom is -0.446 e. The number of nitrogens with two attached hydrogens (primary N) is 1. The Kier molecular flexibility index (Phi) is 6.12. The maximum absolute atomic E-state index is 13.5. The molecule has 0 radical (unpaired) electrons. The summed E-state index contributed by atoms with van der Waals surface area (Å²) in [5.41, 5.74) is 7.45. The smallest absolute Gasteiger partial charge is 0.404 e. The highest BCUT2D eigenvalue weighted by molar-refractivity contribution is 7.92. The Bertz CT molecular complexity index is 1530. The van der Waals surface area contributed by atoms with Crippen molar-refractivity contribution in [2.24, 2.45) is 5.73 Å². The number of hydrogen-bond donors (Lipinski definition) is 2. The number of amides is 1. The van der Waals surface area contributed by atoms with Crippen molar-refractivity contribution in [1.82, 2.24) is 14.6 Å². The van der Waals surface area contributed by atoms with Gasteiger partial charge in [0.1, 0.15) is 6.10 Å². The third kappa shape index (κ3) is 4.93. The minimum absolute atomic E-state index is 0.142. The van der Waals surface area contributed by atoms with Gasteiger partial charge in [-0.05, 0) is 62.8 Å². The molecule has 2 aliphatic rings. The molecule has 37 heavy (non-hydrogen) atoms. The van der Waals surface area contributed by atoms with Gasteiger partial charge in [0.25, 0.3) is 0 Å². The summed E-state index contributed by atoms with van der Waals surface area (Å²) in [4.78, 5) is 16.9. The maximum atomic E-state index is 13.5. The Labute approximate surface area is 218 Å². The zero-order valence-electron chi connectivity index (χ0n) is 20.0. The zero-order valence-corrected chi connectivity index (χ0v) is 21.7. The summed E-state index contributed by atoms with van der Waals surface area (Å²) in [5, 5.41) is 8.43. The van der Waals surface area contributed by atoms with Gasteiger partial charge in [-0.1, -0.05) is 12.1 Å². The molecule has 0 bridgehead atoms. The summed E-state index contributed by atoms with van der Waals surface area (Å²) in [5.74, 6) is 0.899. The number of nitrogens with one attached hydrogen (secondary N) is 1. The Balaban J connectivity index is 1.28. The topological polar surface area (TPSA) is 129 Å². The number of benzene rings is 1. The number of pyridine rings is 1. The van der Waals surface area contributed by atoms with E-state index in [-0.39, 0.29) is 17.3 Å². The fourth-order valence-corrected chi connectivity index (χ4v) is 8.02. The van der Waals surface area contributed by atoms with Gasteiger partial charge in [-0.25, -0.2) is 22.7 Å². The van der Waals surface area contributed by atoms with Crippen molar-refractivity contribution in [2.75, 3.05) is 5.32 Å². The molecule has 2 fully saturated rings. The van der Waals surface area contributed by atoms with Crippen molar-refractivity contribution in [2.45, 2.75) is 60.7 Å². The summed E-state index contributed by atoms with van der Waals surface area (Å²) in [6.45, 7) is 0. The van der Waals surface area contributed by atoms with Crippen LogP contribution in [0.2, 0.25) is 0 Å². The highest BCUT2D eigenvalue weighted by atomic mass is 32.2. The van der Waals surface area contributed by atoms with Gasteiger partial charge >= 0.3 is 6.09 Å². The quantitative estimate of drug-likeness (QED) is 0.329. The van der Waals surface area contributed by atoms with Gasteiger partial charge < -0.3 is 15.8 Å². The Morgan fingerprint density at radius 2 is 1.89 bits per heavy atom. The first-order chi connectivity index (χ1) is 17.9. The zero-order chi connectivity index (χ0) is 25.6. The monoisotopic (exact) mass is 537 g/mol. The van der Waals surface area contributed by atoms with Gasteiger partial charge in [-0.2, -0.15) is 5.10 Å². The number of rotatable bonds is 7. The van der Waals surface area contributed by atoms with E-state index in [0.717, 1.165) is 41.1 Å². The van der Waals surface area contributed by atoms with Crippen LogP contribution in [0.3, 0.4) is 0 Å². The average Bonchev–Trinajstić information content (AvgIpc) is 3.50. The molecule has 0 spiro atoms. The molecule has 1 aromatic carbocycles. The predicted molar refractivity (Wildman–Crippen MR) is 142 cm³/mol. The summed E-state index contributed by atoms with van der Waals surface area (Å²) in [6.07, 6.45) is 7.33. The van der Waals surface area contributed by atoms with Crippen molar-refractivity contribution < 1.29 is 17.9 Å². The normalized spacial score (nSPS) is 20.1. The first-order valence-electron chi connectivity index (χ1n) is 12.4. The van der Waals surface area contributed by atoms with Crippen molar-refractivity contribution >= 4 is 44.3 Å². The van der Waals surface area contributed by atoms with E-state index < -0.39 is 15.9 Å². The van der Waals surface area contributed by atoms with Gasteiger partial charge in [0.05, 0.1) is 25.5 Å². The van der Waals surface area contributed by atoms with Gasteiger partial charge in [0, 0.05) is 35.6 Å². The lowest BCUT2D eigenvalue weighted by Crippen LogP contribution is -2.26. The molecule has 0 unspecified atom stereocenters. The molecular weight excluding hydrogens is 510 g/mol. The third-order valence-corrected chi connectivity index (χ3v) is 10.5. The first-order valence-corrected chi connectivity index (χ1v) is 14.7. The molecular formula is C26H27N5O4S2. The second kappa shape index (κ2) is 9.46. The van der Waals surface area contributed by atoms with E-state index in [0.29, 0.717) is 34.8 Å². The number of fused-ring (bicyclic) bond motifs is 1. The molecule has 3 N–H and O–H groups in total. The van der Waals surface area contributed by atoms with Crippen LogP contribution in [-0.2, 0) is 14.6 Å². The summed E-state index contributed by atoms with van der Waals surface area (Å²) < 4.78 is 33.8. The Morgan fingerprint density at radius 3 is 2.62 bits per heavy atom. The van der Waals surface area contributed by atoms with Crippen LogP contribution < -0.4 is 11.1 Å². The van der Waals surface area contributed by atoms with Crippen LogP contribution >= 0.6 is 11.3 Å². The van der Waals surface area contributed by atoms with Crippen LogP contribution in [0, 0.1) is 0 Å². The van der Waals surface area contributed by atoms with Crippen LogP contribution in [0.1, 0.15) is 49.5 Å². The van der Waals surface area contributed by atoms with Gasteiger partial charge in [0.2, 0.25) is 0 Å². The molecule has 11 heteroatoms. The summed E-state index contributed by atoms with van der Waals surface area (Å²) in [7, 11) is -3.47. The van der Waals surface area contributed by atoms with Gasteiger partial charge in [0.15, 0.2) is 15.7 Å². The van der Waals surface area contributed by atoms with Crippen LogP contribution in [0.25, 0.3) is 16.0 Å². The number of carbonyl (C=O) groups excluding carboxylic acids is 1. The highest BCUT2D eigenvalue weighted by Crippen LogP contribution is 2.43. The third-order valence-electron chi connectivity index (χ3n) is 6.99. The second-order valence-corrected chi connectivity index (χ2v) is 12.9. The molecule has 9 nitrogen and oxygen atoms in total. The number of nitrogens with zero attached hydrogens (tertiary/aromatic N) is 3. The van der Waals surface area contributed by atoms with Crippen molar-refractivity contribution in [3.63, 3.8) is 0 Å². The van der Waals surface area contributed by atoms with E-state index in [1.54, 1.807) is 16.8 Å². The molecule has 4 aromatic rings. The van der Waals surface area contributed by atoms with Crippen LogP contribution in [0.15, 0.2) is 59.8 Å². The van der Waals surface area contributed by atoms with E-state index >= 15 is 0 Å². The fraction of sp³-hybridized carbons (Fsp3) is 0.346. The average molecular weight is 538 g/mol. The van der Waals surface area contributed by atoms with Gasteiger partial charge in [-0.15, -0.1) is 11.3 Å². The number of sulfone groups is 1. The molecule has 3 heterocycles. The lowest BCUT2D eigenvalue weighted by Gasteiger charge is -2.26. The van der Waals surface area contributed by atoms with Crippen molar-refractivity contribution in [3.05, 3.63) is 59.9 Å². The molecule has 2 aliphatic carbocycles. The number of carbonyl (C=O) groups is 1. The number of aromatic nitrogens is 3. The van der Waals surface area contributed by atoms with E-state index in [2.05, 4.69) is 15.4 Å². The van der Waals surface area contributed by atoms with E-state index in [9.17, 15) is 13.2 Å². The Hall–Kier alpha value is -3.44. The van der Waals surface area contributed by atoms with E-state index in [1.807, 2.05) is 42.6 Å². The molecule has 192 valence electrons. The molecule has 3 aromatic heterocycles. The molecule has 0 aliphatic heterocycles. The first kappa shape index (κ1) is 23.9. The van der Waals surface area contributed by atoms with Crippen LogP contribution in [0.4, 0.5) is 16.3 Å². The maximum Gasteiger partial charge on any atom is 0.404 e. The lowest BCUT2D eigenvalue weighted by molar-refractivity contribution is 0.0787. The Morgan fingerprint density at radius 1 is 1.08 bits per heavy atom. The predicted octanol–water partition coefficient (Wildman–Crippen LogP) is 5.26. The fourth-order valence-electron chi connectivity index (χ4n) is 4.94. The molecule has 0 saturated heterocycles. The van der Waals surface area contributed by atoms with Crippen LogP contribution in [0.5, 0.6) is 0 Å². The number of ether oxygens (including phenoxy) is 1. The lowest BCUT2D eigenvalue weighted by atomic mass is 9.88. The molecule has 2 saturated carbocycles. The second-order valence-electron chi connectivity index (χ2n) is 9.65. The van der Waals surface area contributed by atoms with Crippen molar-refractivity contribution in [1.29, 1.82) is 0 Å². The molecule has 6 rings (SSSR count). The van der Waals surface area contributed by atoms with E-state index in [1.165, 1.54) is 11.3 Å². The SMILES string of the molecule is NC(=O)OC1CCC(c2ncc(-c3ccc(Nc4cc5ccccn5n4)cc3S(=O)(=O)C3CC3)s2)CC1. The number of primary amides is 1. The highest BCUT2D eigenvalue weighted by Gasteiger charge is 2.39. The van der Waals surface area contributed by atoms with Crippen molar-refractivity contribution in [3.8, 4) is 10.4 Å². The number of hydrogen-bond acceptors (Lipinski definition) is 8. The summed E-state index contributed by atoms with van der Waals surface area (Å²) >= 11 is 1.54. The van der Waals surface area contributed by atoms with Gasteiger partial charge in [-0.3, -0.25) is 0 Å². The largest absolute Gasteiger partial charge is 0.446 e. The standard InChI is InChI=1S/C26H27N5O4S2/c27-26(32)35-19-7-4-16(5-8-19)25-28-15-22(36-25)21-11-6-17(13-23(21)37(33,34)20-9-10-20)29-24-14-18-3-1-2-12-31(18)30-24/h1-3,6,11-16,19-20H,4-5,7-10H2,(H2,27,32)(H,29,30). The minimum atomic E-state index is -3.47. The number of thiazole rings is 1. The summed E-state index contributed by atoms with van der Waals surface area (Å²) in [6, 6.07) is 13.2. The van der Waals surface area contributed by atoms with E-state index in [4.69, 9.17) is 10.5 Å².